The van der Waals surface area contributed by atoms with Crippen LogP contribution in [0.2, 0.25) is 0 Å². The Morgan fingerprint density at radius 1 is 1.42 bits per heavy atom. The summed E-state index contributed by atoms with van der Waals surface area (Å²) in [5.41, 5.74) is 1.83. The van der Waals surface area contributed by atoms with E-state index in [4.69, 9.17) is 0 Å². The minimum absolute atomic E-state index is 0.612. The first kappa shape index (κ1) is 14.4. The molecular formula is C15H20BrN3. The number of nitriles is 1. The van der Waals surface area contributed by atoms with Gasteiger partial charge in [-0.05, 0) is 37.7 Å². The Balaban J connectivity index is 2.17. The van der Waals surface area contributed by atoms with Gasteiger partial charge in [0.15, 0.2) is 0 Å². The number of hydrogen-bond donors (Lipinski definition) is 0. The predicted molar refractivity (Wildman–Crippen MR) is 82.4 cm³/mol. The molecule has 1 atom stereocenters. The highest BCUT2D eigenvalue weighted by Gasteiger charge is 2.27. The van der Waals surface area contributed by atoms with Gasteiger partial charge in [0.1, 0.15) is 6.07 Å². The highest BCUT2D eigenvalue weighted by molar-refractivity contribution is 9.10. The fourth-order valence-electron chi connectivity index (χ4n) is 2.86. The molecule has 0 N–H and O–H groups in total. The molecule has 1 heterocycles. The zero-order chi connectivity index (χ0) is 13.8. The summed E-state index contributed by atoms with van der Waals surface area (Å²) < 4.78 is 1.03. The van der Waals surface area contributed by atoms with Crippen LogP contribution in [0.1, 0.15) is 25.8 Å². The summed E-state index contributed by atoms with van der Waals surface area (Å²) in [6.07, 6.45) is 1.18. The molecule has 19 heavy (non-hydrogen) atoms. The first-order valence-corrected chi connectivity index (χ1v) is 7.67. The molecule has 0 spiro atoms. The molecule has 2 rings (SSSR count). The number of hydrogen-bond acceptors (Lipinski definition) is 3. The lowest BCUT2D eigenvalue weighted by Crippen LogP contribution is -2.37. The van der Waals surface area contributed by atoms with Gasteiger partial charge in [-0.2, -0.15) is 5.26 Å². The van der Waals surface area contributed by atoms with Crippen molar-refractivity contribution in [2.75, 3.05) is 31.1 Å². The third kappa shape index (κ3) is 3.10. The van der Waals surface area contributed by atoms with Gasteiger partial charge in [0.05, 0.1) is 11.3 Å². The van der Waals surface area contributed by atoms with Gasteiger partial charge in [0, 0.05) is 23.6 Å². The normalized spacial score (nSPS) is 18.9. The van der Waals surface area contributed by atoms with Crippen molar-refractivity contribution in [3.05, 3.63) is 28.2 Å². The van der Waals surface area contributed by atoms with Crippen LogP contribution in [0.5, 0.6) is 0 Å². The maximum absolute atomic E-state index is 9.23. The van der Waals surface area contributed by atoms with Gasteiger partial charge >= 0.3 is 0 Å². The molecule has 3 nitrogen and oxygen atoms in total. The first-order chi connectivity index (χ1) is 9.19. The lowest BCUT2D eigenvalue weighted by Gasteiger charge is -2.27. The summed E-state index contributed by atoms with van der Waals surface area (Å²) in [6.45, 7) is 8.67. The molecule has 1 aliphatic heterocycles. The molecule has 0 amide bonds. The van der Waals surface area contributed by atoms with Crippen LogP contribution in [-0.2, 0) is 0 Å². The Kier molecular flexibility index (Phi) is 4.84. The maximum atomic E-state index is 9.23. The fraction of sp³-hybridized carbons (Fsp3) is 0.533. The third-order valence-electron chi connectivity index (χ3n) is 3.91. The van der Waals surface area contributed by atoms with Gasteiger partial charge < -0.3 is 4.90 Å². The quantitative estimate of drug-likeness (QED) is 0.852. The van der Waals surface area contributed by atoms with Crippen LogP contribution in [0.25, 0.3) is 0 Å². The lowest BCUT2D eigenvalue weighted by molar-refractivity contribution is 0.232. The fourth-order valence-corrected chi connectivity index (χ4v) is 3.21. The summed E-state index contributed by atoms with van der Waals surface area (Å²) in [6, 6.07) is 8.79. The van der Waals surface area contributed by atoms with E-state index in [1.54, 1.807) is 0 Å². The van der Waals surface area contributed by atoms with E-state index < -0.39 is 0 Å². The summed E-state index contributed by atoms with van der Waals surface area (Å²) in [5, 5.41) is 9.23. The van der Waals surface area contributed by atoms with Crippen molar-refractivity contribution in [3.63, 3.8) is 0 Å². The second-order valence-electron chi connectivity index (χ2n) is 4.88. The van der Waals surface area contributed by atoms with Crippen LogP contribution in [0.4, 0.5) is 5.69 Å². The van der Waals surface area contributed by atoms with E-state index in [0.717, 1.165) is 41.9 Å². The molecule has 1 aromatic carbocycles. The Morgan fingerprint density at radius 2 is 2.16 bits per heavy atom. The van der Waals surface area contributed by atoms with Crippen LogP contribution >= 0.6 is 15.9 Å². The van der Waals surface area contributed by atoms with Gasteiger partial charge in [0.25, 0.3) is 0 Å². The predicted octanol–water partition coefficient (Wildman–Crippen LogP) is 3.24. The molecule has 0 aliphatic carbocycles. The van der Waals surface area contributed by atoms with Crippen LogP contribution in [0, 0.1) is 11.3 Å². The summed E-state index contributed by atoms with van der Waals surface area (Å²) in [5.74, 6) is 0. The van der Waals surface area contributed by atoms with Crippen molar-refractivity contribution in [1.29, 1.82) is 5.26 Å². The lowest BCUT2D eigenvalue weighted by atomic mass is 10.2. The molecule has 1 aliphatic rings. The van der Waals surface area contributed by atoms with Crippen molar-refractivity contribution in [3.8, 4) is 6.07 Å². The molecule has 1 aromatic rings. The van der Waals surface area contributed by atoms with E-state index in [2.05, 4.69) is 51.7 Å². The topological polar surface area (TPSA) is 30.3 Å². The summed E-state index contributed by atoms with van der Waals surface area (Å²) >= 11 is 3.50. The largest absolute Gasteiger partial charge is 0.369 e. The molecule has 102 valence electrons. The molecule has 0 radical (unpaired) electrons. The van der Waals surface area contributed by atoms with Gasteiger partial charge in [-0.25, -0.2) is 0 Å². The van der Waals surface area contributed by atoms with E-state index in [0.29, 0.717) is 6.04 Å². The Morgan fingerprint density at radius 3 is 2.79 bits per heavy atom. The summed E-state index contributed by atoms with van der Waals surface area (Å²) in [7, 11) is 0. The monoisotopic (exact) mass is 321 g/mol. The Hall–Kier alpha value is -1.05. The van der Waals surface area contributed by atoms with Crippen LogP contribution < -0.4 is 4.90 Å². The molecule has 1 saturated heterocycles. The van der Waals surface area contributed by atoms with Crippen molar-refractivity contribution >= 4 is 21.6 Å². The van der Waals surface area contributed by atoms with Crippen molar-refractivity contribution in [1.82, 2.24) is 4.90 Å². The van der Waals surface area contributed by atoms with Gasteiger partial charge in [0.2, 0.25) is 0 Å². The van der Waals surface area contributed by atoms with Crippen molar-refractivity contribution in [2.24, 2.45) is 0 Å². The number of benzene rings is 1. The van der Waals surface area contributed by atoms with Crippen LogP contribution in [0.3, 0.4) is 0 Å². The zero-order valence-electron chi connectivity index (χ0n) is 11.6. The number of likely N-dealkylation sites (N-methyl/N-ethyl adjacent to an activating group) is 1. The van der Waals surface area contributed by atoms with E-state index in [9.17, 15) is 5.26 Å². The molecular weight excluding hydrogens is 302 g/mol. The van der Waals surface area contributed by atoms with Gasteiger partial charge in [-0.15, -0.1) is 0 Å². The Labute approximate surface area is 123 Å². The SMILES string of the molecule is CCN(CC)C1CCN(c2cc(Br)ccc2C#N)C1. The smallest absolute Gasteiger partial charge is 0.101 e. The van der Waals surface area contributed by atoms with Crippen molar-refractivity contribution < 1.29 is 0 Å². The molecule has 1 fully saturated rings. The number of rotatable bonds is 4. The molecule has 0 aromatic heterocycles. The molecule has 0 saturated carbocycles. The van der Waals surface area contributed by atoms with E-state index >= 15 is 0 Å². The minimum atomic E-state index is 0.612. The number of nitrogens with zero attached hydrogens (tertiary/aromatic N) is 3. The standard InChI is InChI=1S/C15H20BrN3/c1-3-18(4-2)14-7-8-19(11-14)15-9-13(16)6-5-12(15)10-17/h5-6,9,14H,3-4,7-8,11H2,1-2H3. The molecule has 4 heteroatoms. The molecule has 0 bridgehead atoms. The van der Waals surface area contributed by atoms with Gasteiger partial charge in [-0.1, -0.05) is 29.8 Å². The van der Waals surface area contributed by atoms with E-state index in [1.165, 1.54) is 6.42 Å². The van der Waals surface area contributed by atoms with Crippen LogP contribution in [-0.4, -0.2) is 37.1 Å². The second-order valence-corrected chi connectivity index (χ2v) is 5.80. The van der Waals surface area contributed by atoms with Crippen LogP contribution in [0.15, 0.2) is 22.7 Å². The van der Waals surface area contributed by atoms with Gasteiger partial charge in [-0.3, -0.25) is 4.90 Å². The average Bonchev–Trinajstić information content (AvgIpc) is 2.89. The summed E-state index contributed by atoms with van der Waals surface area (Å²) in [4.78, 5) is 4.84. The highest BCUT2D eigenvalue weighted by atomic mass is 79.9. The average molecular weight is 322 g/mol. The number of anilines is 1. The second kappa shape index (κ2) is 6.40. The first-order valence-electron chi connectivity index (χ1n) is 6.88. The zero-order valence-corrected chi connectivity index (χ0v) is 13.2. The van der Waals surface area contributed by atoms with E-state index in [1.807, 2.05) is 12.1 Å². The maximum Gasteiger partial charge on any atom is 0.101 e. The minimum Gasteiger partial charge on any atom is -0.369 e. The van der Waals surface area contributed by atoms with E-state index in [-0.39, 0.29) is 0 Å². The Bertz CT molecular complexity index is 477. The molecule has 1 unspecified atom stereocenters. The number of halogens is 1. The third-order valence-corrected chi connectivity index (χ3v) is 4.41. The highest BCUT2D eigenvalue weighted by Crippen LogP contribution is 2.29. The van der Waals surface area contributed by atoms with Crippen molar-refractivity contribution in [2.45, 2.75) is 26.3 Å².